The maximum Gasteiger partial charge on any atom is 0.278 e. The van der Waals surface area contributed by atoms with Gasteiger partial charge in [-0.05, 0) is 25.5 Å². The van der Waals surface area contributed by atoms with Crippen LogP contribution in [0.5, 0.6) is 0 Å². The molecule has 1 aromatic carbocycles. The lowest BCUT2D eigenvalue weighted by Crippen LogP contribution is -2.39. The number of morpholine rings is 1. The minimum Gasteiger partial charge on any atom is -0.379 e. The first-order valence-corrected chi connectivity index (χ1v) is 10.8. The maximum atomic E-state index is 14.2. The third kappa shape index (κ3) is 4.35. The predicted molar refractivity (Wildman–Crippen MR) is 111 cm³/mol. The quantitative estimate of drug-likeness (QED) is 0.571. The van der Waals surface area contributed by atoms with Gasteiger partial charge in [0.2, 0.25) is 0 Å². The molecular formula is C20H23F2N5O2S. The van der Waals surface area contributed by atoms with Gasteiger partial charge in [0, 0.05) is 45.0 Å². The fraction of sp³-hybridized carbons (Fsp3) is 0.450. The van der Waals surface area contributed by atoms with Gasteiger partial charge in [-0.2, -0.15) is 5.10 Å². The van der Waals surface area contributed by atoms with Gasteiger partial charge in [-0.1, -0.05) is 11.3 Å². The Morgan fingerprint density at radius 2 is 2.10 bits per heavy atom. The highest BCUT2D eigenvalue weighted by Crippen LogP contribution is 2.32. The van der Waals surface area contributed by atoms with E-state index in [0.717, 1.165) is 43.5 Å². The van der Waals surface area contributed by atoms with E-state index in [1.54, 1.807) is 21.8 Å². The van der Waals surface area contributed by atoms with E-state index >= 15 is 0 Å². The van der Waals surface area contributed by atoms with Crippen LogP contribution in [0.15, 0.2) is 24.4 Å². The van der Waals surface area contributed by atoms with Crippen LogP contribution in [0, 0.1) is 11.6 Å². The molecule has 1 fully saturated rings. The van der Waals surface area contributed by atoms with E-state index in [2.05, 4.69) is 15.0 Å². The molecule has 0 N–H and O–H groups in total. The van der Waals surface area contributed by atoms with E-state index < -0.39 is 11.6 Å². The Morgan fingerprint density at radius 1 is 1.30 bits per heavy atom. The summed E-state index contributed by atoms with van der Waals surface area (Å²) < 4.78 is 35.2. The van der Waals surface area contributed by atoms with E-state index in [1.807, 2.05) is 6.92 Å². The van der Waals surface area contributed by atoms with Crippen molar-refractivity contribution in [1.82, 2.24) is 19.7 Å². The highest BCUT2D eigenvalue weighted by atomic mass is 32.1. The minimum atomic E-state index is -0.730. The number of benzene rings is 1. The van der Waals surface area contributed by atoms with Gasteiger partial charge in [0.05, 0.1) is 17.9 Å². The Kier molecular flexibility index (Phi) is 6.35. The number of carbonyl (C=O) groups excluding carboxylic acids is 1. The van der Waals surface area contributed by atoms with Gasteiger partial charge in [0.15, 0.2) is 10.9 Å². The summed E-state index contributed by atoms with van der Waals surface area (Å²) in [6.07, 6.45) is 2.30. The first kappa shape index (κ1) is 20.8. The van der Waals surface area contributed by atoms with Crippen LogP contribution in [-0.4, -0.2) is 65.0 Å². The lowest BCUT2D eigenvalue weighted by atomic mass is 10.3. The molecule has 160 valence electrons. The van der Waals surface area contributed by atoms with Crippen molar-refractivity contribution in [2.24, 2.45) is 0 Å². The molecule has 4 rings (SSSR count). The molecule has 30 heavy (non-hydrogen) atoms. The summed E-state index contributed by atoms with van der Waals surface area (Å²) in [5, 5.41) is 4.53. The van der Waals surface area contributed by atoms with Crippen molar-refractivity contribution in [3.8, 4) is 0 Å². The number of aryl methyl sites for hydroxylation is 1. The van der Waals surface area contributed by atoms with Gasteiger partial charge in [0.1, 0.15) is 17.0 Å². The molecular weight excluding hydrogens is 412 g/mol. The normalized spacial score (nSPS) is 15.0. The molecule has 0 spiro atoms. The van der Waals surface area contributed by atoms with Gasteiger partial charge < -0.3 is 4.74 Å². The van der Waals surface area contributed by atoms with Crippen LogP contribution in [-0.2, 0) is 11.3 Å². The van der Waals surface area contributed by atoms with E-state index in [9.17, 15) is 13.6 Å². The number of ether oxygens (including phenoxy) is 1. The Bertz CT molecular complexity index is 1030. The second kappa shape index (κ2) is 9.15. The molecule has 10 heteroatoms. The number of rotatable bonds is 7. The van der Waals surface area contributed by atoms with Crippen LogP contribution in [0.4, 0.5) is 13.9 Å². The largest absolute Gasteiger partial charge is 0.379 e. The molecule has 1 aliphatic rings. The molecule has 0 atom stereocenters. The maximum absolute atomic E-state index is 14.2. The molecule has 0 aliphatic carbocycles. The molecule has 0 saturated carbocycles. The number of fused-ring (bicyclic) bond motifs is 1. The van der Waals surface area contributed by atoms with Crippen molar-refractivity contribution in [3.05, 3.63) is 41.7 Å². The van der Waals surface area contributed by atoms with Crippen molar-refractivity contribution in [2.75, 3.05) is 44.3 Å². The molecule has 3 heterocycles. The number of anilines is 1. The van der Waals surface area contributed by atoms with E-state index in [1.165, 1.54) is 6.07 Å². The topological polar surface area (TPSA) is 63.5 Å². The van der Waals surface area contributed by atoms with Crippen molar-refractivity contribution in [3.63, 3.8) is 0 Å². The highest BCUT2D eigenvalue weighted by Gasteiger charge is 2.25. The van der Waals surface area contributed by atoms with Crippen molar-refractivity contribution in [1.29, 1.82) is 0 Å². The summed E-state index contributed by atoms with van der Waals surface area (Å²) in [4.78, 5) is 21.5. The average molecular weight is 436 g/mol. The summed E-state index contributed by atoms with van der Waals surface area (Å²) in [5.41, 5.74) is 0.515. The smallest absolute Gasteiger partial charge is 0.278 e. The van der Waals surface area contributed by atoms with Gasteiger partial charge in [0.25, 0.3) is 5.91 Å². The number of halogens is 2. The Morgan fingerprint density at radius 3 is 2.87 bits per heavy atom. The summed E-state index contributed by atoms with van der Waals surface area (Å²) in [7, 11) is 0. The monoisotopic (exact) mass is 435 g/mol. The first-order valence-electron chi connectivity index (χ1n) is 9.96. The SMILES string of the molecule is CCn1nccc1C(=O)N(CCCN1CCOCC1)c1nc2c(F)cc(F)cc2s1. The zero-order valence-electron chi connectivity index (χ0n) is 16.7. The van der Waals surface area contributed by atoms with Gasteiger partial charge in [-0.25, -0.2) is 13.8 Å². The number of aromatic nitrogens is 3. The zero-order valence-corrected chi connectivity index (χ0v) is 17.5. The van der Waals surface area contributed by atoms with Gasteiger partial charge in [-0.15, -0.1) is 0 Å². The Labute approximate surface area is 176 Å². The van der Waals surface area contributed by atoms with Crippen LogP contribution in [0.1, 0.15) is 23.8 Å². The van der Waals surface area contributed by atoms with E-state index in [-0.39, 0.29) is 11.4 Å². The molecule has 0 unspecified atom stereocenters. The van der Waals surface area contributed by atoms with Crippen LogP contribution >= 0.6 is 11.3 Å². The van der Waals surface area contributed by atoms with Crippen LogP contribution in [0.25, 0.3) is 10.2 Å². The number of hydrogen-bond acceptors (Lipinski definition) is 6. The summed E-state index contributed by atoms with van der Waals surface area (Å²) >= 11 is 1.11. The fourth-order valence-corrected chi connectivity index (χ4v) is 4.56. The minimum absolute atomic E-state index is 0.0754. The number of nitrogens with zero attached hydrogens (tertiary/aromatic N) is 5. The molecule has 0 radical (unpaired) electrons. The zero-order chi connectivity index (χ0) is 21.1. The molecule has 3 aromatic rings. The Hall–Kier alpha value is -2.43. The third-order valence-electron chi connectivity index (χ3n) is 5.07. The van der Waals surface area contributed by atoms with Crippen LogP contribution < -0.4 is 4.90 Å². The second-order valence-corrected chi connectivity index (χ2v) is 8.04. The van der Waals surface area contributed by atoms with Crippen molar-refractivity contribution in [2.45, 2.75) is 19.9 Å². The van der Waals surface area contributed by atoms with Gasteiger partial charge >= 0.3 is 0 Å². The predicted octanol–water partition coefficient (Wildman–Crippen LogP) is 3.16. The summed E-state index contributed by atoms with van der Waals surface area (Å²) in [5.74, 6) is -1.65. The van der Waals surface area contributed by atoms with Crippen molar-refractivity contribution < 1.29 is 18.3 Å². The standard InChI is InChI=1S/C20H23F2N5O2S/c1-2-27-16(4-5-23-27)19(28)26(7-3-6-25-8-10-29-11-9-25)20-24-18-15(22)12-14(21)13-17(18)30-20/h4-5,12-13H,2-3,6-11H2,1H3. The lowest BCUT2D eigenvalue weighted by Gasteiger charge is -2.27. The summed E-state index contributed by atoms with van der Waals surface area (Å²) in [6, 6.07) is 3.71. The average Bonchev–Trinajstić information content (AvgIpc) is 3.38. The first-order chi connectivity index (χ1) is 14.6. The molecule has 7 nitrogen and oxygen atoms in total. The molecule has 1 saturated heterocycles. The molecule has 2 aromatic heterocycles. The number of hydrogen-bond donors (Lipinski definition) is 0. The van der Waals surface area contributed by atoms with Gasteiger partial charge in [-0.3, -0.25) is 19.3 Å². The molecule has 0 bridgehead atoms. The highest BCUT2D eigenvalue weighted by molar-refractivity contribution is 7.22. The second-order valence-electron chi connectivity index (χ2n) is 7.03. The van der Waals surface area contributed by atoms with E-state index in [4.69, 9.17) is 4.74 Å². The fourth-order valence-electron chi connectivity index (χ4n) is 3.53. The number of thiazole rings is 1. The Balaban J connectivity index is 1.61. The molecule has 1 aliphatic heterocycles. The lowest BCUT2D eigenvalue weighted by molar-refractivity contribution is 0.0376. The van der Waals surface area contributed by atoms with E-state index in [0.29, 0.717) is 41.8 Å². The van der Waals surface area contributed by atoms with Crippen molar-refractivity contribution >= 4 is 32.6 Å². The third-order valence-corrected chi connectivity index (χ3v) is 6.10. The van der Waals surface area contributed by atoms with Crippen LogP contribution in [0.2, 0.25) is 0 Å². The number of amides is 1. The summed E-state index contributed by atoms with van der Waals surface area (Å²) in [6.45, 7) is 6.83. The van der Waals surface area contributed by atoms with Crippen LogP contribution in [0.3, 0.4) is 0 Å². The molecule has 1 amide bonds. The number of carbonyl (C=O) groups is 1.